The van der Waals surface area contributed by atoms with Crippen LogP contribution in [0.3, 0.4) is 0 Å². The van der Waals surface area contributed by atoms with Crippen LogP contribution in [-0.4, -0.2) is 42.2 Å². The van der Waals surface area contributed by atoms with Crippen LogP contribution in [-0.2, 0) is 11.4 Å². The second-order valence-corrected chi connectivity index (χ2v) is 9.14. The first-order valence-corrected chi connectivity index (χ1v) is 11.7. The van der Waals surface area contributed by atoms with E-state index in [0.29, 0.717) is 15.8 Å². The molecule has 0 aliphatic heterocycles. The number of halogens is 3. The third kappa shape index (κ3) is 7.13. The molecular weight excluding hydrogens is 541 g/mol. The van der Waals surface area contributed by atoms with E-state index < -0.39 is 0 Å². The van der Waals surface area contributed by atoms with Crippen LogP contribution in [0.5, 0.6) is 5.75 Å². The maximum absolute atomic E-state index is 12.0. The summed E-state index contributed by atoms with van der Waals surface area (Å²) in [5.41, 5.74) is 4.36. The molecule has 1 heterocycles. The molecule has 1 N–H and O–H groups in total. The second-order valence-electron chi connectivity index (χ2n) is 6.51. The number of nitrogens with one attached hydrogen (secondary N) is 1. The number of benzene rings is 2. The highest BCUT2D eigenvalue weighted by atomic mass is 79.9. The van der Waals surface area contributed by atoms with E-state index in [2.05, 4.69) is 36.7 Å². The summed E-state index contributed by atoms with van der Waals surface area (Å²) in [6.07, 6.45) is 1.57. The number of thioether (sulfide) groups is 1. The lowest BCUT2D eigenvalue weighted by Crippen LogP contribution is -2.19. The first-order chi connectivity index (χ1) is 15.3. The number of nitrogens with zero attached hydrogens (tertiary/aromatic N) is 4. The number of amides is 1. The van der Waals surface area contributed by atoms with E-state index in [1.807, 2.05) is 37.2 Å². The van der Waals surface area contributed by atoms with Crippen LogP contribution in [0.15, 0.2) is 55.6 Å². The zero-order chi connectivity index (χ0) is 23.1. The Morgan fingerprint density at radius 1 is 1.28 bits per heavy atom. The molecule has 0 spiro atoms. The molecule has 32 heavy (non-hydrogen) atoms. The molecule has 8 nitrogen and oxygen atoms in total. The molecule has 2 aromatic carbocycles. The van der Waals surface area contributed by atoms with Crippen molar-refractivity contribution in [1.82, 2.24) is 15.6 Å². The van der Waals surface area contributed by atoms with Crippen molar-refractivity contribution in [2.75, 3.05) is 24.7 Å². The summed E-state index contributed by atoms with van der Waals surface area (Å²) >= 11 is 16.5. The van der Waals surface area contributed by atoms with Crippen molar-refractivity contribution in [2.24, 2.45) is 5.10 Å². The number of ether oxygens (including phenoxy) is 1. The number of rotatable bonds is 9. The molecule has 3 rings (SSSR count). The van der Waals surface area contributed by atoms with Gasteiger partial charge in [0.2, 0.25) is 0 Å². The molecule has 1 aromatic heterocycles. The highest BCUT2D eigenvalue weighted by Crippen LogP contribution is 2.28. The van der Waals surface area contributed by atoms with Crippen molar-refractivity contribution in [3.8, 4) is 5.75 Å². The van der Waals surface area contributed by atoms with Gasteiger partial charge in [0, 0.05) is 23.6 Å². The van der Waals surface area contributed by atoms with Crippen LogP contribution in [0.25, 0.3) is 0 Å². The lowest BCUT2D eigenvalue weighted by Gasteiger charge is -2.14. The molecule has 1 amide bonds. The number of hydrogen-bond donors (Lipinski definition) is 1. The minimum Gasteiger partial charge on any atom is -0.482 e. The quantitative estimate of drug-likeness (QED) is 0.224. The van der Waals surface area contributed by atoms with Crippen LogP contribution in [0.4, 0.5) is 5.69 Å². The van der Waals surface area contributed by atoms with Crippen molar-refractivity contribution in [3.05, 3.63) is 62.4 Å². The topological polar surface area (TPSA) is 92.9 Å². The molecule has 0 aliphatic carbocycles. The number of carbonyl (C=O) groups is 1. The minimum absolute atomic E-state index is 0.0353. The predicted octanol–water partition coefficient (Wildman–Crippen LogP) is 5.03. The van der Waals surface area contributed by atoms with E-state index in [1.165, 1.54) is 0 Å². The van der Waals surface area contributed by atoms with Crippen LogP contribution in [0.2, 0.25) is 10.0 Å². The molecule has 0 atom stereocenters. The monoisotopic (exact) mass is 557 g/mol. The summed E-state index contributed by atoms with van der Waals surface area (Å²) in [6.45, 7) is 0.0353. The molecule has 0 fully saturated rings. The Labute approximate surface area is 207 Å². The lowest BCUT2D eigenvalue weighted by molar-refractivity contribution is -0.118. The van der Waals surface area contributed by atoms with Gasteiger partial charge >= 0.3 is 0 Å². The van der Waals surface area contributed by atoms with E-state index in [0.717, 1.165) is 27.5 Å². The third-order valence-electron chi connectivity index (χ3n) is 3.88. The molecule has 0 bridgehead atoms. The molecule has 12 heteroatoms. The maximum Gasteiger partial charge on any atom is 0.277 e. The van der Waals surface area contributed by atoms with Gasteiger partial charge in [-0.3, -0.25) is 4.79 Å². The molecule has 0 radical (unpaired) electrons. The normalized spacial score (nSPS) is 11.0. The minimum atomic E-state index is -0.306. The van der Waals surface area contributed by atoms with Gasteiger partial charge < -0.3 is 14.1 Å². The zero-order valence-electron chi connectivity index (χ0n) is 17.0. The number of hydrazone groups is 1. The summed E-state index contributed by atoms with van der Waals surface area (Å²) in [6, 6.07) is 10.7. The van der Waals surface area contributed by atoms with Gasteiger partial charge in [-0.15, -0.1) is 10.2 Å². The summed E-state index contributed by atoms with van der Waals surface area (Å²) in [4.78, 5) is 14.0. The van der Waals surface area contributed by atoms with Crippen molar-refractivity contribution in [2.45, 2.75) is 11.8 Å². The lowest BCUT2D eigenvalue weighted by atomic mass is 10.2. The SMILES string of the molecule is CN(C)c1ccc(/C=N\NC(=O)CSc2nnc(COc3ccc(Cl)cc3Cl)o2)cc1Br. The fourth-order valence-corrected chi connectivity index (χ4v) is 4.18. The van der Waals surface area contributed by atoms with Crippen molar-refractivity contribution < 1.29 is 13.9 Å². The van der Waals surface area contributed by atoms with E-state index in [1.54, 1.807) is 24.4 Å². The highest BCUT2D eigenvalue weighted by Gasteiger charge is 2.11. The van der Waals surface area contributed by atoms with E-state index >= 15 is 0 Å². The number of anilines is 1. The van der Waals surface area contributed by atoms with Crippen LogP contribution in [0, 0.1) is 0 Å². The fourth-order valence-electron chi connectivity index (χ4n) is 2.39. The van der Waals surface area contributed by atoms with Gasteiger partial charge in [0.15, 0.2) is 6.61 Å². The van der Waals surface area contributed by atoms with Crippen LogP contribution < -0.4 is 15.1 Å². The fraction of sp³-hybridized carbons (Fsp3) is 0.200. The van der Waals surface area contributed by atoms with E-state index in [4.69, 9.17) is 32.4 Å². The molecule has 3 aromatic rings. The van der Waals surface area contributed by atoms with Crippen LogP contribution in [0.1, 0.15) is 11.5 Å². The van der Waals surface area contributed by atoms with Crippen molar-refractivity contribution in [3.63, 3.8) is 0 Å². The van der Waals surface area contributed by atoms with Gasteiger partial charge in [-0.2, -0.15) is 5.10 Å². The number of carbonyl (C=O) groups excluding carboxylic acids is 1. The highest BCUT2D eigenvalue weighted by molar-refractivity contribution is 9.10. The predicted molar refractivity (Wildman–Crippen MR) is 130 cm³/mol. The standard InChI is InChI=1S/C20H18BrCl2N5O3S/c1-28(2)16-5-3-12(7-14(16)21)9-24-25-18(29)11-32-20-27-26-19(31-20)10-30-17-6-4-13(22)8-15(17)23/h3-9H,10-11H2,1-2H3,(H,25,29)/b24-9-. The Hall–Kier alpha value is -2.27. The summed E-state index contributed by atoms with van der Waals surface area (Å²) < 4.78 is 11.9. The van der Waals surface area contributed by atoms with E-state index in [9.17, 15) is 4.79 Å². The number of hydrogen-bond acceptors (Lipinski definition) is 8. The Kier molecular flexibility index (Phi) is 8.80. The van der Waals surface area contributed by atoms with E-state index in [-0.39, 0.29) is 29.4 Å². The van der Waals surface area contributed by atoms with Crippen molar-refractivity contribution in [1.29, 1.82) is 0 Å². The first kappa shape index (κ1) is 24.4. The Morgan fingerprint density at radius 2 is 2.09 bits per heavy atom. The van der Waals surface area contributed by atoms with Crippen molar-refractivity contribution >= 4 is 68.7 Å². The molecule has 168 valence electrons. The largest absolute Gasteiger partial charge is 0.482 e. The molecule has 0 aliphatic rings. The molecular formula is C20H18BrCl2N5O3S. The smallest absolute Gasteiger partial charge is 0.277 e. The summed E-state index contributed by atoms with van der Waals surface area (Å²) in [5, 5.41) is 12.9. The summed E-state index contributed by atoms with van der Waals surface area (Å²) in [7, 11) is 3.92. The second kappa shape index (κ2) is 11.6. The summed E-state index contributed by atoms with van der Waals surface area (Å²) in [5.74, 6) is 0.457. The number of aromatic nitrogens is 2. The Bertz CT molecular complexity index is 1130. The Balaban J connectivity index is 1.44. The third-order valence-corrected chi connectivity index (χ3v) is 5.86. The molecule has 0 unspecified atom stereocenters. The van der Waals surface area contributed by atoms with Gasteiger partial charge in [-0.25, -0.2) is 5.43 Å². The Morgan fingerprint density at radius 3 is 2.81 bits per heavy atom. The van der Waals surface area contributed by atoms with Gasteiger partial charge in [0.25, 0.3) is 17.0 Å². The molecule has 0 saturated carbocycles. The van der Waals surface area contributed by atoms with Gasteiger partial charge in [0.1, 0.15) is 5.75 Å². The van der Waals surface area contributed by atoms with Gasteiger partial charge in [-0.1, -0.05) is 41.0 Å². The van der Waals surface area contributed by atoms with Gasteiger partial charge in [-0.05, 0) is 51.8 Å². The average molecular weight is 559 g/mol. The molecule has 0 saturated heterocycles. The zero-order valence-corrected chi connectivity index (χ0v) is 20.9. The average Bonchev–Trinajstić information content (AvgIpc) is 3.19. The van der Waals surface area contributed by atoms with Crippen LogP contribution >= 0.6 is 50.9 Å². The first-order valence-electron chi connectivity index (χ1n) is 9.13. The maximum atomic E-state index is 12.0. The van der Waals surface area contributed by atoms with Gasteiger partial charge in [0.05, 0.1) is 22.7 Å².